The van der Waals surface area contributed by atoms with Crippen molar-refractivity contribution in [3.05, 3.63) is 71.7 Å². The van der Waals surface area contributed by atoms with Gasteiger partial charge in [0.25, 0.3) is 0 Å². The van der Waals surface area contributed by atoms with Crippen molar-refractivity contribution in [1.29, 1.82) is 0 Å². The minimum Gasteiger partial charge on any atom is -0.497 e. The number of methoxy groups -OCH3 is 1. The molecule has 156 valence electrons. The Hall–Kier alpha value is -3.41. The molecular formula is C24H25FN2O3. The number of esters is 1. The van der Waals surface area contributed by atoms with Gasteiger partial charge in [0.05, 0.1) is 29.7 Å². The number of rotatable bonds is 5. The number of pyridine rings is 1. The van der Waals surface area contributed by atoms with Crippen LogP contribution >= 0.6 is 0 Å². The van der Waals surface area contributed by atoms with Gasteiger partial charge in [-0.3, -0.25) is 0 Å². The molecule has 0 aliphatic rings. The zero-order chi connectivity index (χ0) is 21.9. The molecule has 0 aliphatic heterocycles. The molecule has 3 rings (SSSR count). The van der Waals surface area contributed by atoms with Gasteiger partial charge in [-0.05, 0) is 63.6 Å². The first-order chi connectivity index (χ1) is 14.2. The minimum atomic E-state index is -0.669. The van der Waals surface area contributed by atoms with Crippen LogP contribution in [0.25, 0.3) is 11.3 Å². The average Bonchev–Trinajstić information content (AvgIpc) is 2.69. The molecule has 0 saturated heterocycles. The lowest BCUT2D eigenvalue weighted by molar-refractivity contribution is 0.00707. The second kappa shape index (κ2) is 8.53. The molecule has 3 aromatic rings. The Morgan fingerprint density at radius 3 is 2.47 bits per heavy atom. The molecule has 0 unspecified atom stereocenters. The normalized spacial score (nSPS) is 11.1. The van der Waals surface area contributed by atoms with Crippen molar-refractivity contribution >= 4 is 17.3 Å². The summed E-state index contributed by atoms with van der Waals surface area (Å²) in [5, 5.41) is 2.99. The van der Waals surface area contributed by atoms with Crippen LogP contribution < -0.4 is 10.1 Å². The van der Waals surface area contributed by atoms with Gasteiger partial charge in [0.2, 0.25) is 5.95 Å². The predicted molar refractivity (Wildman–Crippen MR) is 116 cm³/mol. The molecule has 1 aromatic heterocycles. The third-order valence-corrected chi connectivity index (χ3v) is 4.32. The van der Waals surface area contributed by atoms with E-state index < -0.39 is 17.5 Å². The molecule has 1 N–H and O–H groups in total. The van der Waals surface area contributed by atoms with Crippen molar-refractivity contribution in [3.63, 3.8) is 0 Å². The molecule has 6 heteroatoms. The number of nitrogens with one attached hydrogen (secondary N) is 1. The summed E-state index contributed by atoms with van der Waals surface area (Å²) in [5.41, 5.74) is 2.37. The standard InChI is InChI=1S/C24H25FN2O3/c1-15-13-20(22(25)27-21(15)16-9-8-10-17(14-16)29-5)26-19-12-7-6-11-18(19)23(28)30-24(2,3)4/h6-14,26H,1-5H3. The molecule has 0 bridgehead atoms. The molecular weight excluding hydrogens is 383 g/mol. The molecule has 1 heterocycles. The molecule has 30 heavy (non-hydrogen) atoms. The number of carbonyl (C=O) groups is 1. The van der Waals surface area contributed by atoms with Crippen LogP contribution in [0.4, 0.5) is 15.8 Å². The van der Waals surface area contributed by atoms with Crippen LogP contribution in [0.2, 0.25) is 0 Å². The first kappa shape index (κ1) is 21.3. The molecule has 0 aliphatic carbocycles. The number of benzene rings is 2. The number of hydrogen-bond donors (Lipinski definition) is 1. The maximum absolute atomic E-state index is 14.9. The van der Waals surface area contributed by atoms with Crippen molar-refractivity contribution in [2.45, 2.75) is 33.3 Å². The largest absolute Gasteiger partial charge is 0.497 e. The average molecular weight is 408 g/mol. The van der Waals surface area contributed by atoms with Gasteiger partial charge in [-0.15, -0.1) is 0 Å². The van der Waals surface area contributed by atoms with E-state index in [-0.39, 0.29) is 5.69 Å². The molecule has 0 fully saturated rings. The van der Waals surface area contributed by atoms with Crippen molar-refractivity contribution in [2.24, 2.45) is 0 Å². The quantitative estimate of drug-likeness (QED) is 0.420. The van der Waals surface area contributed by atoms with E-state index in [1.54, 1.807) is 64.3 Å². The van der Waals surface area contributed by atoms with Gasteiger partial charge in [0, 0.05) is 5.56 Å². The SMILES string of the molecule is COc1cccc(-c2nc(F)c(Nc3ccccc3C(=O)OC(C)(C)C)cc2C)c1. The zero-order valence-electron chi connectivity index (χ0n) is 17.7. The number of aryl methyl sites for hydroxylation is 1. The molecule has 0 radical (unpaired) electrons. The summed E-state index contributed by atoms with van der Waals surface area (Å²) in [4.78, 5) is 16.7. The van der Waals surface area contributed by atoms with E-state index in [1.165, 1.54) is 0 Å². The molecule has 5 nitrogen and oxygen atoms in total. The van der Waals surface area contributed by atoms with E-state index in [2.05, 4.69) is 10.3 Å². The fourth-order valence-corrected chi connectivity index (χ4v) is 2.99. The lowest BCUT2D eigenvalue weighted by Gasteiger charge is -2.21. The Labute approximate surface area is 175 Å². The number of ether oxygens (including phenoxy) is 2. The summed E-state index contributed by atoms with van der Waals surface area (Å²) in [7, 11) is 1.58. The number of carbonyl (C=O) groups excluding carboxylic acids is 1. The number of nitrogens with zero attached hydrogens (tertiary/aromatic N) is 1. The summed E-state index contributed by atoms with van der Waals surface area (Å²) in [6.07, 6.45) is 0. The van der Waals surface area contributed by atoms with Crippen LogP contribution in [0, 0.1) is 12.9 Å². The second-order valence-electron chi connectivity index (χ2n) is 7.90. The van der Waals surface area contributed by atoms with Gasteiger partial charge in [-0.1, -0.05) is 24.3 Å². The zero-order valence-corrected chi connectivity index (χ0v) is 17.7. The Morgan fingerprint density at radius 2 is 1.77 bits per heavy atom. The van der Waals surface area contributed by atoms with E-state index in [9.17, 15) is 9.18 Å². The Morgan fingerprint density at radius 1 is 1.03 bits per heavy atom. The lowest BCUT2D eigenvalue weighted by Crippen LogP contribution is -2.24. The molecule has 0 saturated carbocycles. The van der Waals surface area contributed by atoms with E-state index in [1.807, 2.05) is 25.1 Å². The van der Waals surface area contributed by atoms with Gasteiger partial charge in [0.15, 0.2) is 0 Å². The predicted octanol–water partition coefficient (Wildman–Crippen LogP) is 5.90. The van der Waals surface area contributed by atoms with Crippen LogP contribution in [-0.4, -0.2) is 23.7 Å². The highest BCUT2D eigenvalue weighted by Crippen LogP contribution is 2.30. The van der Waals surface area contributed by atoms with Crippen LogP contribution in [0.1, 0.15) is 36.7 Å². The van der Waals surface area contributed by atoms with Gasteiger partial charge in [-0.2, -0.15) is 4.39 Å². The topological polar surface area (TPSA) is 60.5 Å². The van der Waals surface area contributed by atoms with Gasteiger partial charge in [-0.25, -0.2) is 9.78 Å². The van der Waals surface area contributed by atoms with Crippen LogP contribution in [-0.2, 0) is 4.74 Å². The molecule has 0 atom stereocenters. The fourth-order valence-electron chi connectivity index (χ4n) is 2.99. The number of halogens is 1. The van der Waals surface area contributed by atoms with Crippen LogP contribution in [0.3, 0.4) is 0 Å². The van der Waals surface area contributed by atoms with Gasteiger partial charge >= 0.3 is 5.97 Å². The molecule has 2 aromatic carbocycles. The van der Waals surface area contributed by atoms with Crippen molar-refractivity contribution in [2.75, 3.05) is 12.4 Å². The maximum atomic E-state index is 14.9. The Bertz CT molecular complexity index is 1070. The monoisotopic (exact) mass is 408 g/mol. The highest BCUT2D eigenvalue weighted by molar-refractivity contribution is 5.96. The van der Waals surface area contributed by atoms with Crippen LogP contribution in [0.15, 0.2) is 54.6 Å². The smallest absolute Gasteiger partial charge is 0.340 e. The Balaban J connectivity index is 1.94. The Kier molecular flexibility index (Phi) is 6.06. The number of aromatic nitrogens is 1. The summed E-state index contributed by atoms with van der Waals surface area (Å²) >= 11 is 0. The highest BCUT2D eigenvalue weighted by atomic mass is 19.1. The summed E-state index contributed by atoms with van der Waals surface area (Å²) in [6.45, 7) is 7.24. The third kappa shape index (κ3) is 4.95. The number of anilines is 2. The number of hydrogen-bond acceptors (Lipinski definition) is 5. The summed E-state index contributed by atoms with van der Waals surface area (Å²) < 4.78 is 25.6. The van der Waals surface area contributed by atoms with E-state index in [4.69, 9.17) is 9.47 Å². The molecule has 0 amide bonds. The number of para-hydroxylation sites is 1. The van der Waals surface area contributed by atoms with Gasteiger partial charge in [0.1, 0.15) is 11.4 Å². The fraction of sp³-hybridized carbons (Fsp3) is 0.250. The second-order valence-corrected chi connectivity index (χ2v) is 7.90. The van der Waals surface area contributed by atoms with E-state index in [0.717, 1.165) is 11.1 Å². The van der Waals surface area contributed by atoms with Gasteiger partial charge < -0.3 is 14.8 Å². The molecule has 0 spiro atoms. The first-order valence-corrected chi connectivity index (χ1v) is 9.59. The van der Waals surface area contributed by atoms with Crippen LogP contribution in [0.5, 0.6) is 5.75 Å². The minimum absolute atomic E-state index is 0.176. The van der Waals surface area contributed by atoms with Crippen molar-refractivity contribution in [1.82, 2.24) is 4.98 Å². The van der Waals surface area contributed by atoms with Crippen molar-refractivity contribution in [3.8, 4) is 17.0 Å². The summed E-state index contributed by atoms with van der Waals surface area (Å²) in [5.74, 6) is -0.483. The maximum Gasteiger partial charge on any atom is 0.340 e. The highest BCUT2D eigenvalue weighted by Gasteiger charge is 2.21. The lowest BCUT2D eigenvalue weighted by atomic mass is 10.1. The van der Waals surface area contributed by atoms with Crippen molar-refractivity contribution < 1.29 is 18.7 Å². The third-order valence-electron chi connectivity index (χ3n) is 4.32. The first-order valence-electron chi connectivity index (χ1n) is 9.59. The van der Waals surface area contributed by atoms with E-state index >= 15 is 0 Å². The van der Waals surface area contributed by atoms with E-state index in [0.29, 0.717) is 22.7 Å². The summed E-state index contributed by atoms with van der Waals surface area (Å²) in [6, 6.07) is 15.8.